The number of hydrogen-bond donors (Lipinski definition) is 0. The van der Waals surface area contributed by atoms with Crippen LogP contribution in [0.15, 0.2) is 195 Å². The van der Waals surface area contributed by atoms with Gasteiger partial charge >= 0.3 is 0 Å². The molecule has 0 amide bonds. The van der Waals surface area contributed by atoms with Gasteiger partial charge in [-0.15, -0.1) is 0 Å². The Morgan fingerprint density at radius 1 is 0.321 bits per heavy atom. The summed E-state index contributed by atoms with van der Waals surface area (Å²) in [6.07, 6.45) is 5.64. The van der Waals surface area contributed by atoms with Gasteiger partial charge in [0.1, 0.15) is 0 Å². The molecule has 0 aliphatic rings. The molecular formula is C52H32N4. The second kappa shape index (κ2) is 13.1. The Morgan fingerprint density at radius 3 is 1.68 bits per heavy atom. The van der Waals surface area contributed by atoms with Crippen LogP contribution in [0.1, 0.15) is 0 Å². The number of benzene rings is 8. The van der Waals surface area contributed by atoms with Crippen molar-refractivity contribution in [1.82, 2.24) is 19.9 Å². The van der Waals surface area contributed by atoms with Crippen LogP contribution in [-0.2, 0) is 0 Å². The highest BCUT2D eigenvalue weighted by Crippen LogP contribution is 2.43. The van der Waals surface area contributed by atoms with E-state index in [9.17, 15) is 0 Å². The lowest BCUT2D eigenvalue weighted by atomic mass is 9.87. The van der Waals surface area contributed by atoms with E-state index in [1.54, 1.807) is 0 Å². The van der Waals surface area contributed by atoms with Crippen LogP contribution in [0.25, 0.3) is 111 Å². The number of aromatic nitrogens is 4. The number of nitrogens with zero attached hydrogens (tertiary/aromatic N) is 4. The maximum Gasteiger partial charge on any atom is 0.160 e. The van der Waals surface area contributed by atoms with Crippen LogP contribution < -0.4 is 0 Å². The lowest BCUT2D eigenvalue weighted by Crippen LogP contribution is -1.98. The average molecular weight is 713 g/mol. The van der Waals surface area contributed by atoms with Crippen LogP contribution in [0.3, 0.4) is 0 Å². The van der Waals surface area contributed by atoms with Crippen LogP contribution in [0.5, 0.6) is 0 Å². The van der Waals surface area contributed by atoms with Crippen molar-refractivity contribution < 1.29 is 0 Å². The maximum absolute atomic E-state index is 5.31. The Morgan fingerprint density at radius 2 is 0.929 bits per heavy atom. The first kappa shape index (κ1) is 31.9. The summed E-state index contributed by atoms with van der Waals surface area (Å²) in [7, 11) is 0. The Labute approximate surface area is 323 Å². The monoisotopic (exact) mass is 712 g/mol. The summed E-state index contributed by atoms with van der Waals surface area (Å²) in [5, 5.41) is 9.72. The summed E-state index contributed by atoms with van der Waals surface area (Å²) in [6, 6.07) is 62.2. The summed E-state index contributed by atoms with van der Waals surface area (Å²) < 4.78 is 0. The van der Waals surface area contributed by atoms with E-state index in [4.69, 9.17) is 15.0 Å². The molecule has 260 valence electrons. The fraction of sp³-hybridized carbons (Fsp3) is 0. The number of hydrogen-bond acceptors (Lipinski definition) is 4. The van der Waals surface area contributed by atoms with E-state index in [-0.39, 0.29) is 0 Å². The van der Waals surface area contributed by atoms with E-state index < -0.39 is 0 Å². The van der Waals surface area contributed by atoms with Crippen molar-refractivity contribution in [3.63, 3.8) is 0 Å². The molecule has 0 unspecified atom stereocenters. The molecule has 4 heteroatoms. The van der Waals surface area contributed by atoms with E-state index in [1.165, 1.54) is 49.0 Å². The topological polar surface area (TPSA) is 51.6 Å². The van der Waals surface area contributed by atoms with Gasteiger partial charge in [0.2, 0.25) is 0 Å². The van der Waals surface area contributed by atoms with Gasteiger partial charge in [-0.2, -0.15) is 0 Å². The lowest BCUT2D eigenvalue weighted by Gasteiger charge is -2.17. The first-order chi connectivity index (χ1) is 27.8. The molecule has 0 saturated carbocycles. The van der Waals surface area contributed by atoms with Crippen LogP contribution in [0.2, 0.25) is 0 Å². The summed E-state index contributed by atoms with van der Waals surface area (Å²) in [5.74, 6) is 0.647. The first-order valence-corrected chi connectivity index (χ1v) is 18.9. The maximum atomic E-state index is 5.31. The summed E-state index contributed by atoms with van der Waals surface area (Å²) in [5.41, 5.74) is 11.2. The molecular weight excluding hydrogens is 681 g/mol. The SMILES string of the molecule is c1ccc(-c2ccc3ccc4c(-c5cccc(-c6nc(-c7ccccc7-c7ccccn7)cc(-c7cncc8ccccc78)n6)c5)ccc5ccc2c3c54)cc1. The molecule has 0 bridgehead atoms. The van der Waals surface area contributed by atoms with E-state index in [1.807, 2.05) is 48.9 Å². The third-order valence-corrected chi connectivity index (χ3v) is 11.0. The Hall–Kier alpha value is -7.56. The van der Waals surface area contributed by atoms with Crippen molar-refractivity contribution in [2.24, 2.45) is 0 Å². The van der Waals surface area contributed by atoms with Gasteiger partial charge < -0.3 is 0 Å². The molecule has 0 fully saturated rings. The average Bonchev–Trinajstić information content (AvgIpc) is 3.28. The summed E-state index contributed by atoms with van der Waals surface area (Å²) in [4.78, 5) is 19.9. The molecule has 0 saturated heterocycles. The van der Waals surface area contributed by atoms with Gasteiger partial charge in [0.15, 0.2) is 5.82 Å². The fourth-order valence-corrected chi connectivity index (χ4v) is 8.37. The normalized spacial score (nSPS) is 11.6. The highest BCUT2D eigenvalue weighted by atomic mass is 14.9. The second-order valence-electron chi connectivity index (χ2n) is 14.2. The van der Waals surface area contributed by atoms with Gasteiger partial charge in [0.05, 0.1) is 17.1 Å². The largest absolute Gasteiger partial charge is 0.263 e. The number of fused-ring (bicyclic) bond motifs is 1. The minimum Gasteiger partial charge on any atom is -0.263 e. The molecule has 0 atom stereocenters. The molecule has 8 aromatic carbocycles. The van der Waals surface area contributed by atoms with Gasteiger partial charge in [-0.3, -0.25) is 9.97 Å². The smallest absolute Gasteiger partial charge is 0.160 e. The standard InChI is InChI=1S/C52H32N4/c1-2-11-33(12-3-1)40-24-20-34-23-27-45-41(25-21-35-22-26-44(40)50(34)51(35)45)36-14-10-15-37(29-36)52-55-48(43-18-7-6-17-42(43)47-19-8-9-28-54-47)30-49(56-52)46-32-53-31-38-13-4-5-16-39(38)46/h1-32H. The molecule has 56 heavy (non-hydrogen) atoms. The summed E-state index contributed by atoms with van der Waals surface area (Å²) in [6.45, 7) is 0. The quantitative estimate of drug-likeness (QED) is 0.161. The van der Waals surface area contributed by atoms with E-state index in [2.05, 4.69) is 151 Å². The van der Waals surface area contributed by atoms with Gasteiger partial charge in [0.25, 0.3) is 0 Å². The first-order valence-electron chi connectivity index (χ1n) is 18.9. The van der Waals surface area contributed by atoms with Gasteiger partial charge in [0, 0.05) is 46.2 Å². The predicted octanol–water partition coefficient (Wildman–Crippen LogP) is 13.3. The van der Waals surface area contributed by atoms with Crippen LogP contribution in [0.4, 0.5) is 0 Å². The van der Waals surface area contributed by atoms with Crippen molar-refractivity contribution in [1.29, 1.82) is 0 Å². The molecule has 0 aliphatic heterocycles. The molecule has 0 aliphatic carbocycles. The molecule has 4 nitrogen and oxygen atoms in total. The van der Waals surface area contributed by atoms with Crippen LogP contribution in [0, 0.1) is 0 Å². The van der Waals surface area contributed by atoms with Crippen molar-refractivity contribution in [3.05, 3.63) is 195 Å². The molecule has 3 aromatic heterocycles. The van der Waals surface area contributed by atoms with E-state index in [0.717, 1.165) is 55.7 Å². The van der Waals surface area contributed by atoms with Crippen molar-refractivity contribution in [2.45, 2.75) is 0 Å². The Balaban J connectivity index is 1.11. The molecule has 3 heterocycles. The molecule has 0 spiro atoms. The Kier molecular flexibility index (Phi) is 7.46. The highest BCUT2D eigenvalue weighted by molar-refractivity contribution is 6.27. The summed E-state index contributed by atoms with van der Waals surface area (Å²) >= 11 is 0. The third-order valence-electron chi connectivity index (χ3n) is 11.0. The van der Waals surface area contributed by atoms with Crippen LogP contribution >= 0.6 is 0 Å². The second-order valence-corrected chi connectivity index (χ2v) is 14.2. The molecule has 11 rings (SSSR count). The van der Waals surface area contributed by atoms with Gasteiger partial charge in [-0.1, -0.05) is 152 Å². The van der Waals surface area contributed by atoms with E-state index in [0.29, 0.717) is 5.82 Å². The van der Waals surface area contributed by atoms with E-state index >= 15 is 0 Å². The van der Waals surface area contributed by atoms with Gasteiger partial charge in [-0.25, -0.2) is 9.97 Å². The highest BCUT2D eigenvalue weighted by Gasteiger charge is 2.18. The zero-order valence-electron chi connectivity index (χ0n) is 30.3. The number of rotatable bonds is 6. The fourth-order valence-electron chi connectivity index (χ4n) is 8.37. The number of pyridine rings is 2. The van der Waals surface area contributed by atoms with Crippen LogP contribution in [-0.4, -0.2) is 19.9 Å². The zero-order chi connectivity index (χ0) is 37.0. The molecule has 0 radical (unpaired) electrons. The molecule has 11 aromatic rings. The Bertz CT molecular complexity index is 3240. The molecule has 0 N–H and O–H groups in total. The third kappa shape index (κ3) is 5.31. The van der Waals surface area contributed by atoms with Crippen molar-refractivity contribution in [2.75, 3.05) is 0 Å². The van der Waals surface area contributed by atoms with Gasteiger partial charge in [-0.05, 0) is 84.2 Å². The van der Waals surface area contributed by atoms with Crippen molar-refractivity contribution >= 4 is 43.1 Å². The minimum atomic E-state index is 0.647. The minimum absolute atomic E-state index is 0.647. The predicted molar refractivity (Wildman–Crippen MR) is 231 cm³/mol. The zero-order valence-corrected chi connectivity index (χ0v) is 30.3. The lowest BCUT2D eigenvalue weighted by molar-refractivity contribution is 1.18. The van der Waals surface area contributed by atoms with Crippen molar-refractivity contribution in [3.8, 4) is 67.4 Å².